The molecule has 1 unspecified atom stereocenters. The molecule has 1 amide bonds. The number of anilines is 1. The summed E-state index contributed by atoms with van der Waals surface area (Å²) in [5.41, 5.74) is 3.14. The SMILES string of the molecule is Br.CCOc1cc2c(nc1C(=O)NC)C(=N)N(CC(=O)c1cc(N3CCC(O)C3)c(OC)c(C(C)(C)C)c1)C2. The van der Waals surface area contributed by atoms with Gasteiger partial charge in [-0.15, -0.1) is 17.0 Å². The number of Topliss-reactive ketones (excluding diaryl/α,β-unsaturated/α-hetero) is 1. The number of hydrogen-bond acceptors (Lipinski definition) is 8. The highest BCUT2D eigenvalue weighted by atomic mass is 79.9. The number of β-amino-alcohol motifs (C(OH)–C–C–N with tert-alkyl or cyclic N) is 1. The van der Waals surface area contributed by atoms with E-state index in [1.54, 1.807) is 18.1 Å². The summed E-state index contributed by atoms with van der Waals surface area (Å²) in [7, 11) is 3.14. The molecule has 0 saturated carbocycles. The summed E-state index contributed by atoms with van der Waals surface area (Å²) in [5, 5.41) is 21.4. The van der Waals surface area contributed by atoms with E-state index in [9.17, 15) is 14.7 Å². The third-order valence-electron chi connectivity index (χ3n) is 6.95. The monoisotopic (exact) mass is 603 g/mol. The number of amides is 1. The van der Waals surface area contributed by atoms with Gasteiger partial charge in [-0.3, -0.25) is 15.0 Å². The standard InChI is InChI=1S/C28H37N5O5.BrH/c1-7-38-22-12-17-13-33(26(29)23(17)31-24(22)27(36)30-5)15-21(35)16-10-19(28(2,3)4)25(37-6)20(11-16)32-9-8-18(34)14-32;/h10-12,18,29,34H,7-9,13-15H2,1-6H3,(H,30,36);1H. The molecule has 11 heteroatoms. The third kappa shape index (κ3) is 6.04. The summed E-state index contributed by atoms with van der Waals surface area (Å²) in [6.45, 7) is 9.85. The lowest BCUT2D eigenvalue weighted by atomic mass is 9.84. The molecule has 39 heavy (non-hydrogen) atoms. The van der Waals surface area contributed by atoms with Crippen molar-refractivity contribution in [1.82, 2.24) is 15.2 Å². The van der Waals surface area contributed by atoms with Crippen molar-refractivity contribution in [2.24, 2.45) is 0 Å². The Morgan fingerprint density at radius 3 is 2.54 bits per heavy atom. The van der Waals surface area contributed by atoms with Crippen LogP contribution in [0.15, 0.2) is 18.2 Å². The van der Waals surface area contributed by atoms with E-state index in [1.807, 2.05) is 19.1 Å². The van der Waals surface area contributed by atoms with Crippen LogP contribution >= 0.6 is 17.0 Å². The van der Waals surface area contributed by atoms with Gasteiger partial charge in [-0.05, 0) is 37.0 Å². The maximum absolute atomic E-state index is 13.6. The van der Waals surface area contributed by atoms with E-state index in [0.29, 0.717) is 55.4 Å². The molecule has 1 fully saturated rings. The number of fused-ring (bicyclic) bond motifs is 1. The maximum Gasteiger partial charge on any atom is 0.273 e. The molecule has 1 atom stereocenters. The van der Waals surface area contributed by atoms with Crippen molar-refractivity contribution in [3.8, 4) is 11.5 Å². The van der Waals surface area contributed by atoms with Crippen LogP contribution in [0.3, 0.4) is 0 Å². The minimum atomic E-state index is -0.422. The number of hydrogen-bond donors (Lipinski definition) is 3. The number of aromatic nitrogens is 1. The Bertz CT molecular complexity index is 1280. The molecular weight excluding hydrogens is 566 g/mol. The number of ether oxygens (including phenoxy) is 2. The molecule has 0 spiro atoms. The van der Waals surface area contributed by atoms with Gasteiger partial charge in [0.2, 0.25) is 0 Å². The van der Waals surface area contributed by atoms with E-state index in [-0.39, 0.29) is 46.3 Å². The van der Waals surface area contributed by atoms with Crippen molar-refractivity contribution in [3.63, 3.8) is 0 Å². The second kappa shape index (κ2) is 11.9. The summed E-state index contributed by atoms with van der Waals surface area (Å²) >= 11 is 0. The van der Waals surface area contributed by atoms with E-state index < -0.39 is 12.0 Å². The molecule has 0 bridgehead atoms. The normalized spacial score (nSPS) is 16.6. The molecule has 0 radical (unpaired) electrons. The molecule has 0 aliphatic carbocycles. The first-order valence-electron chi connectivity index (χ1n) is 12.9. The minimum Gasteiger partial charge on any atom is -0.494 e. The van der Waals surface area contributed by atoms with Crippen LogP contribution in [-0.4, -0.2) is 79.0 Å². The summed E-state index contributed by atoms with van der Waals surface area (Å²) in [6, 6.07) is 5.44. The number of benzene rings is 1. The highest BCUT2D eigenvalue weighted by molar-refractivity contribution is 8.93. The highest BCUT2D eigenvalue weighted by Crippen LogP contribution is 2.41. The minimum absolute atomic E-state index is 0. The third-order valence-corrected chi connectivity index (χ3v) is 6.95. The zero-order valence-corrected chi connectivity index (χ0v) is 25.1. The first-order valence-corrected chi connectivity index (χ1v) is 12.9. The van der Waals surface area contributed by atoms with Gasteiger partial charge in [0.15, 0.2) is 17.2 Å². The fraction of sp³-hybridized carbons (Fsp3) is 0.500. The molecule has 212 valence electrons. The molecule has 3 N–H and O–H groups in total. The summed E-state index contributed by atoms with van der Waals surface area (Å²) in [5.74, 6) is 0.612. The van der Waals surface area contributed by atoms with Crippen LogP contribution in [0.4, 0.5) is 5.69 Å². The van der Waals surface area contributed by atoms with Gasteiger partial charge in [0, 0.05) is 43.4 Å². The van der Waals surface area contributed by atoms with Crippen LogP contribution < -0.4 is 19.7 Å². The largest absolute Gasteiger partial charge is 0.494 e. The van der Waals surface area contributed by atoms with E-state index in [2.05, 4.69) is 36.0 Å². The number of methoxy groups -OCH3 is 1. The fourth-order valence-corrected chi connectivity index (χ4v) is 4.98. The number of nitrogens with zero attached hydrogens (tertiary/aromatic N) is 3. The molecule has 2 aromatic rings. The Morgan fingerprint density at radius 2 is 1.97 bits per heavy atom. The molecule has 10 nitrogen and oxygen atoms in total. The molecule has 1 aromatic heterocycles. The van der Waals surface area contributed by atoms with E-state index in [4.69, 9.17) is 14.9 Å². The Morgan fingerprint density at radius 1 is 1.26 bits per heavy atom. The zero-order valence-electron chi connectivity index (χ0n) is 23.4. The van der Waals surface area contributed by atoms with E-state index >= 15 is 0 Å². The Hall–Kier alpha value is -3.18. The number of carbonyl (C=O) groups is 2. The smallest absolute Gasteiger partial charge is 0.273 e. The van der Waals surface area contributed by atoms with Crippen LogP contribution in [0.25, 0.3) is 0 Å². The summed E-state index contributed by atoms with van der Waals surface area (Å²) in [6.07, 6.45) is 0.235. The molecular formula is C28H38BrN5O5. The van der Waals surface area contributed by atoms with E-state index in [0.717, 1.165) is 16.8 Å². The Kier molecular flexibility index (Phi) is 9.27. The maximum atomic E-state index is 13.6. The quantitative estimate of drug-likeness (QED) is 0.392. The molecule has 3 heterocycles. The average Bonchev–Trinajstić information content (AvgIpc) is 3.44. The first-order chi connectivity index (χ1) is 18.0. The summed E-state index contributed by atoms with van der Waals surface area (Å²) in [4.78, 5) is 34.2. The van der Waals surface area contributed by atoms with Crippen molar-refractivity contribution >= 4 is 40.2 Å². The lowest BCUT2D eigenvalue weighted by molar-refractivity contribution is 0.0949. The number of ketones is 1. The average molecular weight is 605 g/mol. The van der Waals surface area contributed by atoms with Crippen LogP contribution in [0.5, 0.6) is 11.5 Å². The number of aliphatic hydroxyl groups is 1. The predicted molar refractivity (Wildman–Crippen MR) is 155 cm³/mol. The van der Waals surface area contributed by atoms with Crippen LogP contribution in [0, 0.1) is 5.41 Å². The van der Waals surface area contributed by atoms with Gasteiger partial charge in [-0.2, -0.15) is 0 Å². The van der Waals surface area contributed by atoms with Crippen molar-refractivity contribution in [2.75, 3.05) is 45.3 Å². The van der Waals surface area contributed by atoms with Crippen molar-refractivity contribution in [1.29, 1.82) is 5.41 Å². The molecule has 1 saturated heterocycles. The lowest BCUT2D eigenvalue weighted by Crippen LogP contribution is -2.31. The number of carbonyl (C=O) groups excluding carboxylic acids is 2. The fourth-order valence-electron chi connectivity index (χ4n) is 4.98. The lowest BCUT2D eigenvalue weighted by Gasteiger charge is -2.29. The van der Waals surface area contributed by atoms with Crippen LogP contribution in [-0.2, 0) is 12.0 Å². The number of pyridine rings is 1. The highest BCUT2D eigenvalue weighted by Gasteiger charge is 2.33. The summed E-state index contributed by atoms with van der Waals surface area (Å²) < 4.78 is 11.4. The molecule has 4 rings (SSSR count). The topological polar surface area (TPSA) is 128 Å². The Labute approximate surface area is 240 Å². The second-order valence-corrected chi connectivity index (χ2v) is 10.7. The second-order valence-electron chi connectivity index (χ2n) is 10.7. The van der Waals surface area contributed by atoms with Gasteiger partial charge in [0.25, 0.3) is 5.91 Å². The number of rotatable bonds is 8. The van der Waals surface area contributed by atoms with Gasteiger partial charge in [-0.25, -0.2) is 4.98 Å². The van der Waals surface area contributed by atoms with Gasteiger partial charge < -0.3 is 29.7 Å². The van der Waals surface area contributed by atoms with Gasteiger partial charge in [0.05, 0.1) is 32.1 Å². The number of aliphatic hydroxyl groups excluding tert-OH is 1. The van der Waals surface area contributed by atoms with Gasteiger partial charge in [0.1, 0.15) is 17.3 Å². The predicted octanol–water partition coefficient (Wildman–Crippen LogP) is 3.32. The van der Waals surface area contributed by atoms with E-state index in [1.165, 1.54) is 7.05 Å². The van der Waals surface area contributed by atoms with Crippen molar-refractivity contribution in [3.05, 3.63) is 46.3 Å². The first kappa shape index (κ1) is 30.4. The number of amidine groups is 1. The molecule has 1 aromatic carbocycles. The number of halogens is 1. The van der Waals surface area contributed by atoms with Gasteiger partial charge >= 0.3 is 0 Å². The Balaban J connectivity index is 0.00000420. The van der Waals surface area contributed by atoms with Gasteiger partial charge in [-0.1, -0.05) is 20.8 Å². The zero-order chi connectivity index (χ0) is 27.8. The molecule has 2 aliphatic heterocycles. The van der Waals surface area contributed by atoms with Crippen LogP contribution in [0.1, 0.15) is 71.8 Å². The number of nitrogens with one attached hydrogen (secondary N) is 2. The van der Waals surface area contributed by atoms with Crippen molar-refractivity contribution < 1.29 is 24.2 Å². The molecule has 2 aliphatic rings. The van der Waals surface area contributed by atoms with Crippen molar-refractivity contribution in [2.45, 2.75) is 52.2 Å². The van der Waals surface area contributed by atoms with Crippen LogP contribution in [0.2, 0.25) is 0 Å².